The van der Waals surface area contributed by atoms with Crippen LogP contribution in [0.3, 0.4) is 0 Å². The van der Waals surface area contributed by atoms with Crippen molar-refractivity contribution in [1.82, 2.24) is 4.90 Å². The van der Waals surface area contributed by atoms with Gasteiger partial charge >= 0.3 is 59.1 Å². The van der Waals surface area contributed by atoms with Crippen LogP contribution in [0.1, 0.15) is 13.8 Å². The smallest absolute Gasteiger partial charge is 0.744 e. The molecule has 0 aliphatic carbocycles. The van der Waals surface area contributed by atoms with Gasteiger partial charge in [-0.25, -0.2) is 16.8 Å². The zero-order valence-corrected chi connectivity index (χ0v) is 30.1. The van der Waals surface area contributed by atoms with Crippen LogP contribution in [0.4, 0.5) is 11.4 Å². The van der Waals surface area contributed by atoms with Crippen LogP contribution in [0.25, 0.3) is 0 Å². The van der Waals surface area contributed by atoms with Crippen LogP contribution in [0.5, 0.6) is 11.5 Å². The van der Waals surface area contributed by atoms with Crippen LogP contribution >= 0.6 is 0 Å². The number of nitrogens with zero attached hydrogens (tertiary/aromatic N) is 5. The third-order valence-corrected chi connectivity index (χ3v) is 8.70. The van der Waals surface area contributed by atoms with Gasteiger partial charge in [-0.3, -0.25) is 4.79 Å². The number of carbonyl (C=O) groups is 2. The molecule has 1 aliphatic heterocycles. The van der Waals surface area contributed by atoms with Gasteiger partial charge in [-0.1, -0.05) is 13.8 Å². The minimum atomic E-state index is -4.75. The maximum absolute atomic E-state index is 13.1. The average molecular weight is 656 g/mol. The van der Waals surface area contributed by atoms with Crippen molar-refractivity contribution in [3.05, 3.63) is 36.4 Å². The van der Waals surface area contributed by atoms with Gasteiger partial charge in [0.05, 0.1) is 36.5 Å². The Bertz CT molecular complexity index is 1600. The van der Waals surface area contributed by atoms with E-state index >= 15 is 0 Å². The Hall–Kier alpha value is -1.93. The number of hydrazone groups is 1. The quantitative estimate of drug-likeness (QED) is 0.113. The van der Waals surface area contributed by atoms with E-state index in [1.54, 1.807) is 0 Å². The summed E-state index contributed by atoms with van der Waals surface area (Å²) in [6, 6.07) is 4.70. The zero-order valence-electron chi connectivity index (χ0n) is 24.5. The van der Waals surface area contributed by atoms with Gasteiger partial charge in [0.1, 0.15) is 37.9 Å². The van der Waals surface area contributed by atoms with Crippen LogP contribution in [0, 0.1) is 0 Å². The number of carboxylic acids is 1. The zero-order chi connectivity index (χ0) is 30.5. The number of methoxy groups -OCH3 is 2. The second-order valence-corrected chi connectivity index (χ2v) is 12.0. The molecular weight excluding hydrogens is 628 g/mol. The Morgan fingerprint density at radius 3 is 2.09 bits per heavy atom. The van der Waals surface area contributed by atoms with Crippen molar-refractivity contribution < 1.29 is 105 Å². The molecule has 2 aromatic rings. The normalized spacial score (nSPS) is 15.2. The van der Waals surface area contributed by atoms with Crippen LogP contribution in [0.15, 0.2) is 61.5 Å². The number of anilines is 1. The molecule has 0 aromatic heterocycles. The molecule has 0 spiro atoms. The second kappa shape index (κ2) is 16.4. The molecule has 0 radical (unpaired) electrons. The largest absolute Gasteiger partial charge is 1.00 e. The number of hydrogen-bond acceptors (Lipinski definition) is 14. The Kier molecular flexibility index (Phi) is 14.9. The van der Waals surface area contributed by atoms with Crippen molar-refractivity contribution in [1.29, 1.82) is 0 Å². The molecule has 1 unspecified atom stereocenters. The van der Waals surface area contributed by atoms with E-state index in [1.165, 1.54) is 26.4 Å². The van der Waals surface area contributed by atoms with Crippen molar-refractivity contribution >= 4 is 48.9 Å². The standard InChI is InChI=1S/C24H29N5O10S2.2Na/c1-5-28(6-2)11-12-40(33,34)20-14-18(38-3)17(13-19(20)39-4)25-26-21-22(24(31)32)27-29(23(21)30)15-7-9-16(10-8-15)41(35,36)37;;/h7-10,13-14,21H,5-6,11-12H2,1-4H3,(H,31,32)(H,35,36,37);;/q;2*+1/p-2. The number of aliphatic carboxylic acids is 1. The van der Waals surface area contributed by atoms with E-state index in [0.29, 0.717) is 24.6 Å². The molecule has 15 nitrogen and oxygen atoms in total. The number of ether oxygens (including phenoxy) is 2. The van der Waals surface area contributed by atoms with E-state index in [4.69, 9.17) is 9.47 Å². The first-order valence-corrected chi connectivity index (χ1v) is 15.1. The summed E-state index contributed by atoms with van der Waals surface area (Å²) in [6.45, 7) is 5.48. The molecule has 1 atom stereocenters. The summed E-state index contributed by atoms with van der Waals surface area (Å²) in [5.74, 6) is -3.08. The molecule has 19 heteroatoms. The fraction of sp³-hybridized carbons (Fsp3) is 0.375. The monoisotopic (exact) mass is 655 g/mol. The molecule has 1 heterocycles. The Morgan fingerprint density at radius 2 is 1.60 bits per heavy atom. The fourth-order valence-electron chi connectivity index (χ4n) is 3.83. The van der Waals surface area contributed by atoms with Gasteiger partial charge < -0.3 is 28.8 Å². The predicted octanol–water partition coefficient (Wildman–Crippen LogP) is -5.66. The third-order valence-electron chi connectivity index (χ3n) is 6.14. The summed E-state index contributed by atoms with van der Waals surface area (Å²) < 4.78 is 70.3. The van der Waals surface area contributed by atoms with Crippen LogP contribution < -0.4 is 78.7 Å². The van der Waals surface area contributed by atoms with Crippen molar-refractivity contribution in [3.63, 3.8) is 0 Å². The molecule has 0 bridgehead atoms. The molecule has 2 aromatic carbocycles. The molecule has 3 rings (SSSR count). The maximum Gasteiger partial charge on any atom is 1.00 e. The van der Waals surface area contributed by atoms with Crippen LogP contribution in [0.2, 0.25) is 0 Å². The summed E-state index contributed by atoms with van der Waals surface area (Å²) in [4.78, 5) is 26.0. The van der Waals surface area contributed by atoms with Gasteiger partial charge in [0, 0.05) is 18.7 Å². The first-order chi connectivity index (χ1) is 19.3. The van der Waals surface area contributed by atoms with Gasteiger partial charge in [-0.05, 0) is 37.4 Å². The molecule has 0 fully saturated rings. The second-order valence-electron chi connectivity index (χ2n) is 8.51. The Balaban J connectivity index is 0.00000462. The number of hydrogen-bond donors (Lipinski definition) is 0. The molecule has 222 valence electrons. The minimum absolute atomic E-state index is 0. The van der Waals surface area contributed by atoms with Gasteiger partial charge in [0.2, 0.25) is 0 Å². The summed E-state index contributed by atoms with van der Waals surface area (Å²) in [7, 11) is -6.06. The predicted molar refractivity (Wildman–Crippen MR) is 142 cm³/mol. The number of carbonyl (C=O) groups excluding carboxylic acids is 2. The van der Waals surface area contributed by atoms with Crippen molar-refractivity contribution in [2.75, 3.05) is 44.6 Å². The van der Waals surface area contributed by atoms with Gasteiger partial charge in [0.15, 0.2) is 15.9 Å². The van der Waals surface area contributed by atoms with E-state index in [0.717, 1.165) is 24.3 Å². The van der Waals surface area contributed by atoms with Crippen molar-refractivity contribution in [2.24, 2.45) is 15.3 Å². The topological polar surface area (TPSA) is 211 Å². The summed E-state index contributed by atoms with van der Waals surface area (Å²) in [5.41, 5.74) is -0.904. The van der Waals surface area contributed by atoms with E-state index in [2.05, 4.69) is 15.3 Å². The number of carboxylic acid groups (broad SMARTS) is 1. The number of azo groups is 1. The Morgan fingerprint density at radius 1 is 1.02 bits per heavy atom. The van der Waals surface area contributed by atoms with E-state index in [9.17, 15) is 36.1 Å². The molecular formula is C24H27N5Na2O10S2. The maximum atomic E-state index is 13.1. The molecule has 1 aliphatic rings. The molecule has 0 saturated carbocycles. The average Bonchev–Trinajstić information content (AvgIpc) is 3.27. The fourth-order valence-corrected chi connectivity index (χ4v) is 5.76. The molecule has 43 heavy (non-hydrogen) atoms. The summed E-state index contributed by atoms with van der Waals surface area (Å²) >= 11 is 0. The van der Waals surface area contributed by atoms with E-state index in [1.807, 2.05) is 18.7 Å². The van der Waals surface area contributed by atoms with E-state index in [-0.39, 0.29) is 92.6 Å². The van der Waals surface area contributed by atoms with Crippen LogP contribution in [-0.4, -0.2) is 89.5 Å². The van der Waals surface area contributed by atoms with Gasteiger partial charge in [0.25, 0.3) is 5.91 Å². The summed E-state index contributed by atoms with van der Waals surface area (Å²) in [5, 5.41) is 23.8. The first kappa shape index (κ1) is 39.1. The first-order valence-electron chi connectivity index (χ1n) is 12.1. The van der Waals surface area contributed by atoms with Crippen LogP contribution in [-0.2, 0) is 29.5 Å². The van der Waals surface area contributed by atoms with Crippen molar-refractivity contribution in [2.45, 2.75) is 29.7 Å². The number of sulfone groups is 1. The SMILES string of the molecule is CCN(CC)CCS(=O)(=O)c1cc(OC)c(N=NC2C(=O)N(c3ccc(S(=O)(=O)[O-])cc3)N=C2C(=O)[O-])cc1OC.[Na+].[Na+]. The van der Waals surface area contributed by atoms with Gasteiger partial charge in [-0.2, -0.15) is 20.3 Å². The molecule has 0 saturated heterocycles. The number of amides is 1. The summed E-state index contributed by atoms with van der Waals surface area (Å²) in [6.07, 6.45) is 0. The van der Waals surface area contributed by atoms with E-state index < -0.39 is 48.5 Å². The molecule has 1 amide bonds. The minimum Gasteiger partial charge on any atom is -0.744 e. The van der Waals surface area contributed by atoms with Gasteiger partial charge in [-0.15, -0.1) is 0 Å². The van der Waals surface area contributed by atoms with Crippen molar-refractivity contribution in [3.8, 4) is 11.5 Å². The number of benzene rings is 2. The Labute approximate surface area is 293 Å². The third kappa shape index (κ3) is 9.29. The molecule has 0 N–H and O–H groups in total. The number of rotatable bonds is 13.